The van der Waals surface area contributed by atoms with Crippen molar-refractivity contribution in [3.05, 3.63) is 106 Å². The molecule has 0 aliphatic carbocycles. The van der Waals surface area contributed by atoms with Gasteiger partial charge in [-0.2, -0.15) is 0 Å². The zero-order valence-electron chi connectivity index (χ0n) is 14.1. The first kappa shape index (κ1) is 17.5. The van der Waals surface area contributed by atoms with Crippen molar-refractivity contribution in [2.75, 3.05) is 4.90 Å². The number of anilines is 1. The van der Waals surface area contributed by atoms with Gasteiger partial charge in [-0.1, -0.05) is 58.4 Å². The van der Waals surface area contributed by atoms with Crippen LogP contribution in [0.15, 0.2) is 89.1 Å². The molecule has 5 heteroatoms. The van der Waals surface area contributed by atoms with E-state index in [2.05, 4.69) is 15.9 Å². The minimum Gasteiger partial charge on any atom is -0.503 e. The van der Waals surface area contributed by atoms with Crippen molar-refractivity contribution in [3.63, 3.8) is 0 Å². The molecule has 0 fully saturated rings. The summed E-state index contributed by atoms with van der Waals surface area (Å²) in [4.78, 5) is 14.5. The van der Waals surface area contributed by atoms with Crippen LogP contribution in [0.3, 0.4) is 0 Å². The van der Waals surface area contributed by atoms with Crippen molar-refractivity contribution in [3.8, 4) is 0 Å². The van der Waals surface area contributed by atoms with Crippen LogP contribution in [0, 0.1) is 5.82 Å². The Morgan fingerprint density at radius 2 is 1.52 bits per heavy atom. The molecule has 1 aliphatic rings. The average Bonchev–Trinajstić information content (AvgIpc) is 2.95. The van der Waals surface area contributed by atoms with Gasteiger partial charge in [0, 0.05) is 15.7 Å². The van der Waals surface area contributed by atoms with Crippen molar-refractivity contribution in [1.29, 1.82) is 0 Å². The molecular weight excluding hydrogens is 409 g/mol. The first-order chi connectivity index (χ1) is 13.1. The van der Waals surface area contributed by atoms with E-state index < -0.39 is 11.9 Å². The highest BCUT2D eigenvalue weighted by atomic mass is 79.9. The van der Waals surface area contributed by atoms with Crippen molar-refractivity contribution < 1.29 is 14.3 Å². The lowest BCUT2D eigenvalue weighted by Gasteiger charge is -2.27. The Morgan fingerprint density at radius 1 is 0.889 bits per heavy atom. The number of nitrogens with zero attached hydrogens (tertiary/aromatic N) is 1. The van der Waals surface area contributed by atoms with Gasteiger partial charge in [0.2, 0.25) is 0 Å². The van der Waals surface area contributed by atoms with E-state index in [-0.39, 0.29) is 11.6 Å². The Balaban J connectivity index is 1.90. The van der Waals surface area contributed by atoms with Crippen molar-refractivity contribution in [2.24, 2.45) is 0 Å². The molecule has 0 unspecified atom stereocenters. The molecule has 3 aromatic rings. The summed E-state index contributed by atoms with van der Waals surface area (Å²) < 4.78 is 14.4. The minimum atomic E-state index is -0.554. The lowest BCUT2D eigenvalue weighted by Crippen LogP contribution is -2.30. The number of benzene rings is 3. The summed E-state index contributed by atoms with van der Waals surface area (Å²) in [5.41, 5.74) is 2.62. The van der Waals surface area contributed by atoms with Gasteiger partial charge in [-0.15, -0.1) is 0 Å². The molecule has 3 nitrogen and oxygen atoms in total. The number of rotatable bonds is 3. The molecule has 0 aromatic heterocycles. The zero-order valence-corrected chi connectivity index (χ0v) is 15.7. The molecule has 0 saturated heterocycles. The summed E-state index contributed by atoms with van der Waals surface area (Å²) in [6.07, 6.45) is 0. The number of halogens is 2. The molecule has 27 heavy (non-hydrogen) atoms. The second-order valence-corrected chi connectivity index (χ2v) is 7.15. The van der Waals surface area contributed by atoms with Gasteiger partial charge >= 0.3 is 0 Å². The largest absolute Gasteiger partial charge is 0.503 e. The summed E-state index contributed by atoms with van der Waals surface area (Å²) in [5, 5.41) is 10.7. The molecule has 1 aliphatic heterocycles. The number of aliphatic hydroxyl groups is 1. The third-order valence-electron chi connectivity index (χ3n) is 4.58. The van der Waals surface area contributed by atoms with E-state index in [0.29, 0.717) is 11.3 Å². The van der Waals surface area contributed by atoms with Crippen LogP contribution in [0.2, 0.25) is 0 Å². The van der Waals surface area contributed by atoms with E-state index in [4.69, 9.17) is 0 Å². The SMILES string of the molecule is O=C1C(O)=C(c2ccccc2)[C@H](c2ccc(F)cc2)N1c1ccc(Br)cc1. The Hall–Kier alpha value is -2.92. The van der Waals surface area contributed by atoms with Gasteiger partial charge in [-0.05, 0) is 47.5 Å². The normalized spacial score (nSPS) is 16.9. The summed E-state index contributed by atoms with van der Waals surface area (Å²) in [6, 6.07) is 22.0. The van der Waals surface area contributed by atoms with E-state index >= 15 is 0 Å². The highest BCUT2D eigenvalue weighted by Gasteiger charge is 2.41. The van der Waals surface area contributed by atoms with Crippen molar-refractivity contribution >= 4 is 33.1 Å². The number of hydrogen-bond acceptors (Lipinski definition) is 2. The molecule has 0 radical (unpaired) electrons. The fourth-order valence-corrected chi connectivity index (χ4v) is 3.61. The monoisotopic (exact) mass is 423 g/mol. The molecule has 4 rings (SSSR count). The number of carbonyl (C=O) groups excluding carboxylic acids is 1. The Kier molecular flexibility index (Phi) is 4.54. The maximum absolute atomic E-state index is 13.5. The van der Waals surface area contributed by atoms with Gasteiger partial charge < -0.3 is 5.11 Å². The Bertz CT molecular complexity index is 1010. The lowest BCUT2D eigenvalue weighted by molar-refractivity contribution is -0.117. The van der Waals surface area contributed by atoms with E-state index in [1.165, 1.54) is 17.0 Å². The summed E-state index contributed by atoms with van der Waals surface area (Å²) in [7, 11) is 0. The maximum Gasteiger partial charge on any atom is 0.294 e. The Labute approximate surface area is 164 Å². The molecular formula is C22H15BrFNO2. The molecule has 1 atom stereocenters. The lowest BCUT2D eigenvalue weighted by atomic mass is 9.93. The standard InChI is InChI=1S/C22H15BrFNO2/c23-16-8-12-18(13-9-16)25-20(15-6-10-17(24)11-7-15)19(21(26)22(25)27)14-4-2-1-3-5-14/h1-13,20,26H/t20-/m0/s1. The fourth-order valence-electron chi connectivity index (χ4n) is 3.35. The number of hydrogen-bond donors (Lipinski definition) is 1. The van der Waals surface area contributed by atoms with Crippen LogP contribution in [0.5, 0.6) is 0 Å². The van der Waals surface area contributed by atoms with Gasteiger partial charge in [0.05, 0.1) is 6.04 Å². The molecule has 1 amide bonds. The second-order valence-electron chi connectivity index (χ2n) is 6.23. The first-order valence-electron chi connectivity index (χ1n) is 8.39. The number of amides is 1. The predicted molar refractivity (Wildman–Crippen MR) is 107 cm³/mol. The predicted octanol–water partition coefficient (Wildman–Crippen LogP) is 5.65. The first-order valence-corrected chi connectivity index (χ1v) is 9.18. The van der Waals surface area contributed by atoms with Gasteiger partial charge in [0.15, 0.2) is 5.76 Å². The van der Waals surface area contributed by atoms with Crippen LogP contribution in [0.4, 0.5) is 10.1 Å². The molecule has 134 valence electrons. The van der Waals surface area contributed by atoms with Gasteiger partial charge in [-0.25, -0.2) is 4.39 Å². The van der Waals surface area contributed by atoms with Crippen molar-refractivity contribution in [2.45, 2.75) is 6.04 Å². The third kappa shape index (κ3) is 3.15. The molecule has 1 N–H and O–H groups in total. The highest BCUT2D eigenvalue weighted by molar-refractivity contribution is 9.10. The van der Waals surface area contributed by atoms with E-state index in [9.17, 15) is 14.3 Å². The molecule has 0 saturated carbocycles. The summed E-state index contributed by atoms with van der Waals surface area (Å²) >= 11 is 3.39. The third-order valence-corrected chi connectivity index (χ3v) is 5.11. The average molecular weight is 424 g/mol. The van der Waals surface area contributed by atoms with Gasteiger partial charge in [0.25, 0.3) is 5.91 Å². The quantitative estimate of drug-likeness (QED) is 0.591. The van der Waals surface area contributed by atoms with Gasteiger partial charge in [0.1, 0.15) is 5.82 Å². The van der Waals surface area contributed by atoms with Gasteiger partial charge in [-0.3, -0.25) is 9.69 Å². The molecule has 0 spiro atoms. The number of aliphatic hydroxyl groups excluding tert-OH is 1. The van der Waals surface area contributed by atoms with Crippen LogP contribution < -0.4 is 4.90 Å². The van der Waals surface area contributed by atoms with Crippen molar-refractivity contribution in [1.82, 2.24) is 0 Å². The Morgan fingerprint density at radius 3 is 2.15 bits per heavy atom. The summed E-state index contributed by atoms with van der Waals surface area (Å²) in [5.74, 6) is -1.13. The van der Waals surface area contributed by atoms with E-state index in [1.54, 1.807) is 24.3 Å². The van der Waals surface area contributed by atoms with Crippen LogP contribution in [-0.2, 0) is 4.79 Å². The van der Waals surface area contributed by atoms with Crippen LogP contribution in [0.25, 0.3) is 5.57 Å². The topological polar surface area (TPSA) is 40.5 Å². The molecule has 3 aromatic carbocycles. The van der Waals surface area contributed by atoms with E-state index in [0.717, 1.165) is 15.6 Å². The second kappa shape index (κ2) is 7.00. The maximum atomic E-state index is 13.5. The smallest absolute Gasteiger partial charge is 0.294 e. The zero-order chi connectivity index (χ0) is 19.0. The summed E-state index contributed by atoms with van der Waals surface area (Å²) in [6.45, 7) is 0. The van der Waals surface area contributed by atoms with Crippen LogP contribution in [-0.4, -0.2) is 11.0 Å². The molecule has 0 bridgehead atoms. The molecule has 1 heterocycles. The van der Waals surface area contributed by atoms with Crippen LogP contribution in [0.1, 0.15) is 17.2 Å². The number of carbonyl (C=O) groups is 1. The fraction of sp³-hybridized carbons (Fsp3) is 0.0455. The highest BCUT2D eigenvalue weighted by Crippen LogP contribution is 2.45. The van der Waals surface area contributed by atoms with E-state index in [1.807, 2.05) is 42.5 Å². The van der Waals surface area contributed by atoms with Crippen LogP contribution >= 0.6 is 15.9 Å². The minimum absolute atomic E-state index is 0.293.